The Balaban J connectivity index is 2.52. The second-order valence-electron chi connectivity index (χ2n) is 4.34. The number of carbonyl (C=O) groups is 1. The normalized spacial score (nSPS) is 20.4. The Morgan fingerprint density at radius 2 is 2.25 bits per heavy atom. The Morgan fingerprint density at radius 3 is 2.88 bits per heavy atom. The first-order chi connectivity index (χ1) is 7.54. The van der Waals surface area contributed by atoms with Crippen LogP contribution < -0.4 is 10.2 Å². The predicted molar refractivity (Wildman–Crippen MR) is 63.6 cm³/mol. The Hall–Kier alpha value is -1.52. The Labute approximate surface area is 95.4 Å². The first kappa shape index (κ1) is 11.0. The number of nitrogens with one attached hydrogen (secondary N) is 1. The van der Waals surface area contributed by atoms with Crippen molar-refractivity contribution in [3.8, 4) is 0 Å². The molecule has 0 bridgehead atoms. The lowest BCUT2D eigenvalue weighted by molar-refractivity contribution is -0.119. The summed E-state index contributed by atoms with van der Waals surface area (Å²) in [7, 11) is 1.91. The van der Waals surface area contributed by atoms with E-state index in [-0.39, 0.29) is 11.8 Å². The largest absolute Gasteiger partial charge is 0.355 e. The van der Waals surface area contributed by atoms with Gasteiger partial charge in [0.25, 0.3) is 0 Å². The first-order valence-corrected chi connectivity index (χ1v) is 5.64. The number of amides is 1. The van der Waals surface area contributed by atoms with Crippen LogP contribution >= 0.6 is 0 Å². The predicted octanol–water partition coefficient (Wildman–Crippen LogP) is 1.14. The average molecular weight is 222 g/mol. The number of hydrogen-bond acceptors (Lipinski definition) is 3. The highest BCUT2D eigenvalue weighted by atomic mass is 16.2. The van der Waals surface area contributed by atoms with Crippen molar-refractivity contribution in [2.75, 3.05) is 23.3 Å². The van der Waals surface area contributed by atoms with Crippen LogP contribution in [0.5, 0.6) is 0 Å². The molecule has 1 aromatic heterocycles. The molecule has 5 heteroatoms. The van der Waals surface area contributed by atoms with Crippen LogP contribution in [0.25, 0.3) is 0 Å². The summed E-state index contributed by atoms with van der Waals surface area (Å²) in [6.45, 7) is 7.59. The second kappa shape index (κ2) is 3.81. The van der Waals surface area contributed by atoms with E-state index in [9.17, 15) is 4.79 Å². The van der Waals surface area contributed by atoms with E-state index in [1.165, 1.54) is 0 Å². The van der Waals surface area contributed by atoms with Gasteiger partial charge in [0.2, 0.25) is 5.91 Å². The first-order valence-electron chi connectivity index (χ1n) is 5.64. The molecule has 1 aromatic rings. The molecule has 1 aliphatic heterocycles. The molecule has 1 amide bonds. The van der Waals surface area contributed by atoms with Gasteiger partial charge < -0.3 is 10.2 Å². The fourth-order valence-electron chi connectivity index (χ4n) is 2.18. The van der Waals surface area contributed by atoms with Gasteiger partial charge in [-0.25, -0.2) is 0 Å². The van der Waals surface area contributed by atoms with E-state index >= 15 is 0 Å². The van der Waals surface area contributed by atoms with Gasteiger partial charge in [0.05, 0.1) is 11.6 Å². The lowest BCUT2D eigenvalue weighted by atomic mass is 10.1. The topological polar surface area (TPSA) is 50.2 Å². The molecule has 1 unspecified atom stereocenters. The molecule has 0 aliphatic carbocycles. The molecule has 88 valence electrons. The van der Waals surface area contributed by atoms with Gasteiger partial charge in [-0.2, -0.15) is 5.10 Å². The van der Waals surface area contributed by atoms with E-state index in [1.54, 1.807) is 0 Å². The fraction of sp³-hybridized carbons (Fsp3) is 0.636. The van der Waals surface area contributed by atoms with Crippen molar-refractivity contribution in [2.24, 2.45) is 13.0 Å². The number of nitrogens with zero attached hydrogens (tertiary/aromatic N) is 3. The number of aryl methyl sites for hydroxylation is 2. The van der Waals surface area contributed by atoms with Crippen LogP contribution in [0.15, 0.2) is 0 Å². The van der Waals surface area contributed by atoms with Gasteiger partial charge in [-0.1, -0.05) is 6.92 Å². The molecule has 0 aromatic carbocycles. The summed E-state index contributed by atoms with van der Waals surface area (Å²) in [5, 5.41) is 7.31. The third-order valence-corrected chi connectivity index (χ3v) is 3.06. The van der Waals surface area contributed by atoms with Gasteiger partial charge in [-0.05, 0) is 13.8 Å². The zero-order valence-electron chi connectivity index (χ0n) is 10.2. The maximum absolute atomic E-state index is 11.8. The smallest absolute Gasteiger partial charge is 0.229 e. The summed E-state index contributed by atoms with van der Waals surface area (Å²) in [6, 6.07) is 0. The molecular weight excluding hydrogens is 204 g/mol. The minimum absolute atomic E-state index is 0.00625. The third-order valence-electron chi connectivity index (χ3n) is 3.06. The minimum atomic E-state index is 0.00625. The molecule has 5 nitrogen and oxygen atoms in total. The molecule has 0 spiro atoms. The van der Waals surface area contributed by atoms with Crippen LogP contribution in [-0.4, -0.2) is 28.8 Å². The molecule has 2 rings (SSSR count). The fourth-order valence-corrected chi connectivity index (χ4v) is 2.18. The number of anilines is 2. The summed E-state index contributed by atoms with van der Waals surface area (Å²) >= 11 is 0. The van der Waals surface area contributed by atoms with Crippen LogP contribution in [0, 0.1) is 12.8 Å². The van der Waals surface area contributed by atoms with Crippen molar-refractivity contribution < 1.29 is 4.79 Å². The third kappa shape index (κ3) is 1.56. The van der Waals surface area contributed by atoms with E-state index in [0.717, 1.165) is 30.3 Å². The number of hydrogen-bond donors (Lipinski definition) is 1. The SMILES string of the molecule is CCN1CC(C)C(=O)Nc2c(C)nn(C)c21. The summed E-state index contributed by atoms with van der Waals surface area (Å²) in [5.41, 5.74) is 1.73. The number of aromatic nitrogens is 2. The Morgan fingerprint density at radius 1 is 1.56 bits per heavy atom. The lowest BCUT2D eigenvalue weighted by Gasteiger charge is -2.22. The van der Waals surface area contributed by atoms with Gasteiger partial charge >= 0.3 is 0 Å². The molecule has 1 N–H and O–H groups in total. The maximum atomic E-state index is 11.8. The number of carbonyl (C=O) groups excluding carboxylic acids is 1. The zero-order chi connectivity index (χ0) is 11.9. The maximum Gasteiger partial charge on any atom is 0.229 e. The van der Waals surface area contributed by atoms with Gasteiger partial charge in [-0.15, -0.1) is 0 Å². The molecule has 0 saturated heterocycles. The number of rotatable bonds is 1. The van der Waals surface area contributed by atoms with Crippen molar-refractivity contribution in [3.05, 3.63) is 5.69 Å². The molecule has 0 fully saturated rings. The zero-order valence-corrected chi connectivity index (χ0v) is 10.2. The summed E-state index contributed by atoms with van der Waals surface area (Å²) < 4.78 is 1.84. The number of fused-ring (bicyclic) bond motifs is 1. The summed E-state index contributed by atoms with van der Waals surface area (Å²) in [5.74, 6) is 1.10. The van der Waals surface area contributed by atoms with Crippen LogP contribution in [0.1, 0.15) is 19.5 Å². The molecule has 16 heavy (non-hydrogen) atoms. The average Bonchev–Trinajstić information content (AvgIpc) is 2.43. The Bertz CT molecular complexity index is 424. The highest BCUT2D eigenvalue weighted by molar-refractivity contribution is 5.97. The molecular formula is C11H18N4O. The van der Waals surface area contributed by atoms with Crippen molar-refractivity contribution in [1.82, 2.24) is 9.78 Å². The van der Waals surface area contributed by atoms with Crippen LogP contribution in [0.2, 0.25) is 0 Å². The quantitative estimate of drug-likeness (QED) is 0.775. The molecule has 2 heterocycles. The summed E-state index contributed by atoms with van der Waals surface area (Å²) in [4.78, 5) is 14.0. The standard InChI is InChI=1S/C11H18N4O/c1-5-15-6-7(2)10(16)12-9-8(3)13-14(4)11(9)15/h7H,5-6H2,1-4H3,(H,12,16). The Kier molecular flexibility index (Phi) is 2.61. The minimum Gasteiger partial charge on any atom is -0.355 e. The van der Waals surface area contributed by atoms with Crippen molar-refractivity contribution in [3.63, 3.8) is 0 Å². The van der Waals surface area contributed by atoms with Crippen LogP contribution in [-0.2, 0) is 11.8 Å². The molecule has 1 atom stereocenters. The van der Waals surface area contributed by atoms with Crippen molar-refractivity contribution >= 4 is 17.4 Å². The monoisotopic (exact) mass is 222 g/mol. The van der Waals surface area contributed by atoms with Gasteiger partial charge in [0.15, 0.2) is 5.82 Å². The second-order valence-corrected chi connectivity index (χ2v) is 4.34. The highest BCUT2D eigenvalue weighted by Crippen LogP contribution is 2.32. The lowest BCUT2D eigenvalue weighted by Crippen LogP contribution is -2.31. The van der Waals surface area contributed by atoms with Gasteiger partial charge in [0, 0.05) is 20.1 Å². The van der Waals surface area contributed by atoms with Crippen LogP contribution in [0.3, 0.4) is 0 Å². The van der Waals surface area contributed by atoms with Gasteiger partial charge in [0.1, 0.15) is 5.69 Å². The van der Waals surface area contributed by atoms with Gasteiger partial charge in [-0.3, -0.25) is 9.48 Å². The van der Waals surface area contributed by atoms with E-state index in [2.05, 4.69) is 22.2 Å². The highest BCUT2D eigenvalue weighted by Gasteiger charge is 2.28. The molecule has 0 saturated carbocycles. The van der Waals surface area contributed by atoms with E-state index in [4.69, 9.17) is 0 Å². The van der Waals surface area contributed by atoms with Crippen LogP contribution in [0.4, 0.5) is 11.5 Å². The van der Waals surface area contributed by atoms with E-state index < -0.39 is 0 Å². The molecule has 1 aliphatic rings. The van der Waals surface area contributed by atoms with Crippen molar-refractivity contribution in [1.29, 1.82) is 0 Å². The van der Waals surface area contributed by atoms with Crippen molar-refractivity contribution in [2.45, 2.75) is 20.8 Å². The van der Waals surface area contributed by atoms with E-state index in [0.29, 0.717) is 0 Å². The summed E-state index contributed by atoms with van der Waals surface area (Å²) in [6.07, 6.45) is 0. The van der Waals surface area contributed by atoms with E-state index in [1.807, 2.05) is 25.6 Å². The molecule has 0 radical (unpaired) electrons.